The maximum atomic E-state index is 3.28. The summed E-state index contributed by atoms with van der Waals surface area (Å²) in [6, 6.07) is 3.09. The Morgan fingerprint density at radius 2 is 2.56 bits per heavy atom. The fourth-order valence-electron chi connectivity index (χ4n) is 1.04. The van der Waals surface area contributed by atoms with E-state index in [1.54, 1.807) is 11.3 Å². The van der Waals surface area contributed by atoms with Crippen molar-refractivity contribution in [3.05, 3.63) is 21.9 Å². The van der Waals surface area contributed by atoms with E-state index in [2.05, 4.69) is 16.8 Å². The Morgan fingerprint density at radius 1 is 1.56 bits per heavy atom. The van der Waals surface area contributed by atoms with Crippen LogP contribution in [0.1, 0.15) is 10.4 Å². The molecule has 1 aliphatic heterocycles. The highest BCUT2D eigenvalue weighted by atomic mass is 32.1. The monoisotopic (exact) mass is 137 g/mol. The molecule has 1 N–H and O–H groups in total. The Balaban J connectivity index is 2.39. The number of nitrogens with one attached hydrogen (secondary N) is 1. The second-order valence-corrected chi connectivity index (χ2v) is 3.06. The standard InChI is InChI=1S/C7H7NS/c1-3-8-5-6-2-4-9-7(1)6/h8H,1,3,5H2. The zero-order chi connectivity index (χ0) is 6.10. The molecular weight excluding hydrogens is 130 g/mol. The first kappa shape index (κ1) is 5.28. The van der Waals surface area contributed by atoms with Crippen LogP contribution in [-0.2, 0) is 13.0 Å². The zero-order valence-corrected chi connectivity index (χ0v) is 5.85. The van der Waals surface area contributed by atoms with Crippen LogP contribution in [0.25, 0.3) is 0 Å². The molecule has 2 heterocycles. The van der Waals surface area contributed by atoms with E-state index in [4.69, 9.17) is 0 Å². The van der Waals surface area contributed by atoms with Gasteiger partial charge in [-0.2, -0.15) is 0 Å². The van der Waals surface area contributed by atoms with Gasteiger partial charge in [-0.3, -0.25) is 0 Å². The summed E-state index contributed by atoms with van der Waals surface area (Å²) in [7, 11) is 0. The summed E-state index contributed by atoms with van der Waals surface area (Å²) in [4.78, 5) is 1.47. The van der Waals surface area contributed by atoms with Crippen molar-refractivity contribution in [3.8, 4) is 0 Å². The smallest absolute Gasteiger partial charge is 0.0309 e. The van der Waals surface area contributed by atoms with Crippen LogP contribution in [0.2, 0.25) is 0 Å². The Bertz CT molecular complexity index is 184. The van der Waals surface area contributed by atoms with E-state index < -0.39 is 0 Å². The number of fused-ring (bicyclic) bond motifs is 1. The largest absolute Gasteiger partial charge is 0.312 e. The van der Waals surface area contributed by atoms with Crippen molar-refractivity contribution in [2.75, 3.05) is 6.54 Å². The van der Waals surface area contributed by atoms with Crippen LogP contribution in [0.4, 0.5) is 0 Å². The van der Waals surface area contributed by atoms with E-state index in [0.29, 0.717) is 0 Å². The predicted molar refractivity (Wildman–Crippen MR) is 37.4 cm³/mol. The van der Waals surface area contributed by atoms with E-state index in [9.17, 15) is 0 Å². The quantitative estimate of drug-likeness (QED) is 0.562. The molecule has 0 radical (unpaired) electrons. The molecule has 2 heteroatoms. The van der Waals surface area contributed by atoms with Gasteiger partial charge in [0, 0.05) is 23.5 Å². The second kappa shape index (κ2) is 2.02. The highest BCUT2D eigenvalue weighted by molar-refractivity contribution is 7.09. The third-order valence-corrected chi connectivity index (χ3v) is 2.44. The summed E-state index contributed by atoms with van der Waals surface area (Å²) in [6.45, 7) is 2.12. The van der Waals surface area contributed by atoms with Gasteiger partial charge in [0.1, 0.15) is 0 Å². The first-order valence-corrected chi connectivity index (χ1v) is 3.89. The minimum atomic E-state index is 0.995. The van der Waals surface area contributed by atoms with Gasteiger partial charge in [-0.05, 0) is 11.8 Å². The van der Waals surface area contributed by atoms with E-state index in [1.807, 2.05) is 0 Å². The fraction of sp³-hybridized carbons (Fsp3) is 0.429. The van der Waals surface area contributed by atoms with Crippen LogP contribution >= 0.6 is 11.3 Å². The number of hydrogen-bond donors (Lipinski definition) is 1. The molecule has 0 saturated heterocycles. The minimum Gasteiger partial charge on any atom is -0.312 e. The van der Waals surface area contributed by atoms with Gasteiger partial charge in [-0.15, -0.1) is 0 Å². The summed E-state index contributed by atoms with van der Waals surface area (Å²) >= 11 is 1.70. The summed E-state index contributed by atoms with van der Waals surface area (Å²) in [5.41, 5.74) is 1.33. The highest BCUT2D eigenvalue weighted by Crippen LogP contribution is 2.14. The van der Waals surface area contributed by atoms with Gasteiger partial charge in [-0.1, -0.05) is 17.4 Å². The third-order valence-electron chi connectivity index (χ3n) is 1.54. The van der Waals surface area contributed by atoms with E-state index >= 15 is 0 Å². The van der Waals surface area contributed by atoms with Crippen molar-refractivity contribution < 1.29 is 0 Å². The molecule has 0 bridgehead atoms. The van der Waals surface area contributed by atoms with Gasteiger partial charge in [0.2, 0.25) is 0 Å². The molecule has 0 fully saturated rings. The molecule has 1 aromatic heterocycles. The molecule has 0 atom stereocenters. The van der Waals surface area contributed by atoms with Crippen molar-refractivity contribution >= 4 is 11.3 Å². The Kier molecular flexibility index (Phi) is 1.18. The summed E-state index contributed by atoms with van der Waals surface area (Å²) in [5.74, 6) is 0. The van der Waals surface area contributed by atoms with Crippen molar-refractivity contribution in [2.24, 2.45) is 0 Å². The number of hydrogen-bond acceptors (Lipinski definition) is 2. The second-order valence-electron chi connectivity index (χ2n) is 2.16. The molecular formula is C7H7NS. The molecule has 46 valence electrons. The van der Waals surface area contributed by atoms with Gasteiger partial charge in [0.05, 0.1) is 0 Å². The minimum absolute atomic E-state index is 0.995. The molecule has 0 spiro atoms. The van der Waals surface area contributed by atoms with Gasteiger partial charge < -0.3 is 5.32 Å². The Morgan fingerprint density at radius 3 is 3.44 bits per heavy atom. The average molecular weight is 137 g/mol. The van der Waals surface area contributed by atoms with E-state index in [0.717, 1.165) is 13.1 Å². The lowest BCUT2D eigenvalue weighted by atomic mass is 10.2. The predicted octanol–water partition coefficient (Wildman–Crippen LogP) is 0.994. The van der Waals surface area contributed by atoms with Gasteiger partial charge in [0.25, 0.3) is 0 Å². The molecule has 2 rings (SSSR count). The molecule has 1 aliphatic rings. The highest BCUT2D eigenvalue weighted by Gasteiger charge is 2.07. The van der Waals surface area contributed by atoms with Gasteiger partial charge in [0.15, 0.2) is 0 Å². The van der Waals surface area contributed by atoms with E-state index in [-0.39, 0.29) is 0 Å². The van der Waals surface area contributed by atoms with Crippen LogP contribution in [0.15, 0.2) is 0 Å². The van der Waals surface area contributed by atoms with Crippen molar-refractivity contribution in [2.45, 2.75) is 13.0 Å². The molecule has 0 aromatic carbocycles. The van der Waals surface area contributed by atoms with Gasteiger partial charge in [-0.25, -0.2) is 0 Å². The third kappa shape index (κ3) is 0.827. The lowest BCUT2D eigenvalue weighted by molar-refractivity contribution is 0.652. The first-order chi connectivity index (χ1) is 4.47. The Labute approximate surface area is 58.7 Å². The van der Waals surface area contributed by atoms with E-state index in [1.165, 1.54) is 16.9 Å². The van der Waals surface area contributed by atoms with Crippen molar-refractivity contribution in [3.63, 3.8) is 0 Å². The average Bonchev–Trinajstić information content (AvgIpc) is 2.33. The van der Waals surface area contributed by atoms with Crippen molar-refractivity contribution in [1.29, 1.82) is 0 Å². The van der Waals surface area contributed by atoms with Crippen molar-refractivity contribution in [1.82, 2.24) is 5.32 Å². The maximum Gasteiger partial charge on any atom is 0.0309 e. The summed E-state index contributed by atoms with van der Waals surface area (Å²) in [5, 5.41) is 6.30. The molecule has 1 nitrogen and oxygen atoms in total. The summed E-state index contributed by atoms with van der Waals surface area (Å²) < 4.78 is 0. The number of rotatable bonds is 0. The molecule has 0 unspecified atom stereocenters. The summed E-state index contributed by atoms with van der Waals surface area (Å²) in [6.07, 6.45) is 1.17. The Hall–Kier alpha value is -0.520. The maximum absolute atomic E-state index is 3.28. The lowest BCUT2D eigenvalue weighted by Crippen LogP contribution is -2.21. The topological polar surface area (TPSA) is 12.0 Å². The molecule has 0 saturated carbocycles. The van der Waals surface area contributed by atoms with Crippen LogP contribution < -0.4 is 5.32 Å². The SMILES string of the molecule is c1sc2c(c#1)CNCC2. The molecule has 0 aliphatic carbocycles. The van der Waals surface area contributed by atoms with Crippen LogP contribution in [-0.4, -0.2) is 6.54 Å². The van der Waals surface area contributed by atoms with Gasteiger partial charge >= 0.3 is 0 Å². The fourth-order valence-corrected chi connectivity index (χ4v) is 1.79. The van der Waals surface area contributed by atoms with Crippen LogP contribution in [0.3, 0.4) is 0 Å². The molecule has 1 aromatic rings. The van der Waals surface area contributed by atoms with Crippen LogP contribution in [0, 0.1) is 11.4 Å². The zero-order valence-electron chi connectivity index (χ0n) is 5.03. The lowest BCUT2D eigenvalue weighted by Gasteiger charge is -2.09. The molecule has 9 heavy (non-hydrogen) atoms. The normalized spacial score (nSPS) is 16.4. The van der Waals surface area contributed by atoms with Crippen LogP contribution in [0.5, 0.6) is 0 Å². The molecule has 0 amide bonds. The first-order valence-electron chi connectivity index (χ1n) is 3.07.